The Balaban J connectivity index is 1.84. The molecule has 1 saturated heterocycles. The maximum absolute atomic E-state index is 11.8. The van der Waals surface area contributed by atoms with Crippen molar-refractivity contribution >= 4 is 11.7 Å². The molecule has 0 bridgehead atoms. The molecule has 0 saturated carbocycles. The fraction of sp³-hybridized carbons (Fsp3) is 0.538. The molecule has 1 aromatic heterocycles. The molecule has 104 valence electrons. The molecule has 19 heavy (non-hydrogen) atoms. The summed E-state index contributed by atoms with van der Waals surface area (Å²) in [5, 5.41) is 2.95. The van der Waals surface area contributed by atoms with E-state index in [0.29, 0.717) is 0 Å². The monoisotopic (exact) mass is 264 g/mol. The van der Waals surface area contributed by atoms with Gasteiger partial charge in [-0.25, -0.2) is 4.98 Å². The Labute approximate surface area is 112 Å². The number of carbonyl (C=O) groups is 1. The average Bonchev–Trinajstić information content (AvgIpc) is 2.88. The predicted octanol–water partition coefficient (Wildman–Crippen LogP) is -0.250. The van der Waals surface area contributed by atoms with E-state index in [1.54, 1.807) is 6.20 Å². The number of ether oxygens (including phenoxy) is 1. The number of anilines is 1. The van der Waals surface area contributed by atoms with Crippen LogP contribution in [0.15, 0.2) is 24.4 Å². The predicted molar refractivity (Wildman–Crippen MR) is 72.8 cm³/mol. The number of aromatic nitrogens is 1. The number of rotatable bonds is 5. The minimum absolute atomic E-state index is 0.123. The van der Waals surface area contributed by atoms with E-state index < -0.39 is 6.04 Å². The van der Waals surface area contributed by atoms with Crippen molar-refractivity contribution in [2.75, 3.05) is 31.7 Å². The van der Waals surface area contributed by atoms with Gasteiger partial charge in [-0.2, -0.15) is 0 Å². The van der Waals surface area contributed by atoms with Crippen LogP contribution in [0.2, 0.25) is 0 Å². The zero-order valence-electron chi connectivity index (χ0n) is 11.1. The van der Waals surface area contributed by atoms with Gasteiger partial charge < -0.3 is 20.7 Å². The number of hydrogen-bond acceptors (Lipinski definition) is 5. The van der Waals surface area contributed by atoms with Gasteiger partial charge in [-0.3, -0.25) is 4.79 Å². The Bertz CT molecular complexity index is 412. The van der Waals surface area contributed by atoms with Gasteiger partial charge in [0.2, 0.25) is 5.91 Å². The van der Waals surface area contributed by atoms with E-state index in [0.717, 1.165) is 25.3 Å². The molecule has 1 aliphatic rings. The largest absolute Gasteiger partial charge is 0.383 e. The molecule has 0 radical (unpaired) electrons. The molecule has 0 spiro atoms. The summed E-state index contributed by atoms with van der Waals surface area (Å²) in [5.41, 5.74) is 5.69. The van der Waals surface area contributed by atoms with Gasteiger partial charge >= 0.3 is 0 Å². The standard InChI is InChI=1S/C13H20N4O2/c1-19-9-11(14)13(18)16-10-5-7-17(8-10)12-4-2-3-6-15-12/h2-4,6,10-11H,5,7-9,14H2,1H3,(H,16,18). The average molecular weight is 264 g/mol. The minimum Gasteiger partial charge on any atom is -0.383 e. The summed E-state index contributed by atoms with van der Waals surface area (Å²) in [4.78, 5) is 18.2. The van der Waals surface area contributed by atoms with Crippen LogP contribution in [0.25, 0.3) is 0 Å². The van der Waals surface area contributed by atoms with Crippen LogP contribution in [0.5, 0.6) is 0 Å². The number of amides is 1. The van der Waals surface area contributed by atoms with Crippen LogP contribution in [0.3, 0.4) is 0 Å². The summed E-state index contributed by atoms with van der Waals surface area (Å²) in [5.74, 6) is 0.787. The Kier molecular flexibility index (Phi) is 4.70. The molecule has 2 unspecified atom stereocenters. The van der Waals surface area contributed by atoms with Crippen molar-refractivity contribution in [3.63, 3.8) is 0 Å². The zero-order valence-corrected chi connectivity index (χ0v) is 11.1. The Morgan fingerprint density at radius 3 is 3.21 bits per heavy atom. The van der Waals surface area contributed by atoms with Crippen molar-refractivity contribution in [2.45, 2.75) is 18.5 Å². The van der Waals surface area contributed by atoms with Gasteiger partial charge in [0, 0.05) is 32.4 Å². The normalized spacial score (nSPS) is 20.3. The number of pyridine rings is 1. The number of nitrogens with two attached hydrogens (primary N) is 1. The van der Waals surface area contributed by atoms with Crippen LogP contribution >= 0.6 is 0 Å². The summed E-state index contributed by atoms with van der Waals surface area (Å²) in [6, 6.07) is 5.35. The number of nitrogens with one attached hydrogen (secondary N) is 1. The molecule has 1 amide bonds. The number of hydrogen-bond donors (Lipinski definition) is 2. The van der Waals surface area contributed by atoms with E-state index in [1.165, 1.54) is 7.11 Å². The first-order valence-electron chi connectivity index (χ1n) is 6.41. The molecule has 6 heteroatoms. The quantitative estimate of drug-likeness (QED) is 0.766. The first-order chi connectivity index (χ1) is 9.20. The van der Waals surface area contributed by atoms with Crippen molar-refractivity contribution < 1.29 is 9.53 Å². The fourth-order valence-corrected chi connectivity index (χ4v) is 2.19. The van der Waals surface area contributed by atoms with Crippen molar-refractivity contribution in [2.24, 2.45) is 5.73 Å². The second-order valence-electron chi connectivity index (χ2n) is 4.69. The van der Waals surface area contributed by atoms with Gasteiger partial charge in [0.05, 0.1) is 6.61 Å². The summed E-state index contributed by atoms with van der Waals surface area (Å²) < 4.78 is 4.87. The zero-order chi connectivity index (χ0) is 13.7. The molecule has 1 aromatic rings. The van der Waals surface area contributed by atoms with Crippen molar-refractivity contribution in [1.29, 1.82) is 0 Å². The Hall–Kier alpha value is -1.66. The lowest BCUT2D eigenvalue weighted by atomic mass is 10.2. The van der Waals surface area contributed by atoms with Crippen molar-refractivity contribution in [3.8, 4) is 0 Å². The molecule has 2 heterocycles. The van der Waals surface area contributed by atoms with Gasteiger partial charge in [-0.15, -0.1) is 0 Å². The summed E-state index contributed by atoms with van der Waals surface area (Å²) in [6.45, 7) is 1.90. The molecule has 2 rings (SSSR count). The van der Waals surface area contributed by atoms with E-state index in [2.05, 4.69) is 15.2 Å². The van der Waals surface area contributed by atoms with Gasteiger partial charge in [-0.05, 0) is 18.6 Å². The molecule has 1 aliphatic heterocycles. The lowest BCUT2D eigenvalue weighted by Crippen LogP contribution is -2.48. The third-order valence-corrected chi connectivity index (χ3v) is 3.19. The van der Waals surface area contributed by atoms with E-state index in [9.17, 15) is 4.79 Å². The fourth-order valence-electron chi connectivity index (χ4n) is 2.19. The lowest BCUT2D eigenvalue weighted by Gasteiger charge is -2.19. The van der Waals surface area contributed by atoms with Crippen LogP contribution in [0.4, 0.5) is 5.82 Å². The molecule has 0 aromatic carbocycles. The first kappa shape index (κ1) is 13.8. The van der Waals surface area contributed by atoms with Gasteiger partial charge in [-0.1, -0.05) is 6.07 Å². The molecule has 6 nitrogen and oxygen atoms in total. The third-order valence-electron chi connectivity index (χ3n) is 3.19. The van der Waals surface area contributed by atoms with Crippen molar-refractivity contribution in [1.82, 2.24) is 10.3 Å². The van der Waals surface area contributed by atoms with E-state index in [4.69, 9.17) is 10.5 Å². The smallest absolute Gasteiger partial charge is 0.239 e. The van der Waals surface area contributed by atoms with Gasteiger partial charge in [0.25, 0.3) is 0 Å². The summed E-state index contributed by atoms with van der Waals surface area (Å²) in [7, 11) is 1.53. The van der Waals surface area contributed by atoms with Crippen molar-refractivity contribution in [3.05, 3.63) is 24.4 Å². The van der Waals surface area contributed by atoms with Crippen LogP contribution in [-0.2, 0) is 9.53 Å². The van der Waals surface area contributed by atoms with Gasteiger partial charge in [0.1, 0.15) is 11.9 Å². The number of methoxy groups -OCH3 is 1. The van der Waals surface area contributed by atoms with E-state index in [1.807, 2.05) is 18.2 Å². The molecular weight excluding hydrogens is 244 g/mol. The first-order valence-corrected chi connectivity index (χ1v) is 6.41. The minimum atomic E-state index is -0.603. The lowest BCUT2D eigenvalue weighted by molar-refractivity contribution is -0.124. The van der Waals surface area contributed by atoms with E-state index >= 15 is 0 Å². The maximum atomic E-state index is 11.8. The molecular formula is C13H20N4O2. The molecule has 3 N–H and O–H groups in total. The van der Waals surface area contributed by atoms with Crippen LogP contribution in [0, 0.1) is 0 Å². The molecule has 2 atom stereocenters. The summed E-state index contributed by atoms with van der Waals surface area (Å²) in [6.07, 6.45) is 2.68. The highest BCUT2D eigenvalue weighted by atomic mass is 16.5. The van der Waals surface area contributed by atoms with Crippen LogP contribution in [0.1, 0.15) is 6.42 Å². The Morgan fingerprint density at radius 1 is 1.68 bits per heavy atom. The van der Waals surface area contributed by atoms with Crippen LogP contribution in [-0.4, -0.2) is 49.8 Å². The number of nitrogens with zero attached hydrogens (tertiary/aromatic N) is 2. The highest BCUT2D eigenvalue weighted by molar-refractivity contribution is 5.82. The second-order valence-corrected chi connectivity index (χ2v) is 4.69. The molecule has 1 fully saturated rings. The Morgan fingerprint density at radius 2 is 2.53 bits per heavy atom. The summed E-state index contributed by atoms with van der Waals surface area (Å²) >= 11 is 0. The van der Waals surface area contributed by atoms with E-state index in [-0.39, 0.29) is 18.6 Å². The molecule has 0 aliphatic carbocycles. The van der Waals surface area contributed by atoms with Gasteiger partial charge in [0.15, 0.2) is 0 Å². The van der Waals surface area contributed by atoms with Crippen LogP contribution < -0.4 is 16.0 Å². The highest BCUT2D eigenvalue weighted by Gasteiger charge is 2.26. The highest BCUT2D eigenvalue weighted by Crippen LogP contribution is 2.17. The number of carbonyl (C=O) groups excluding carboxylic acids is 1. The second kappa shape index (κ2) is 6.49. The topological polar surface area (TPSA) is 80.5 Å². The third kappa shape index (κ3) is 3.65. The maximum Gasteiger partial charge on any atom is 0.239 e. The SMILES string of the molecule is COCC(N)C(=O)NC1CCN(c2ccccn2)C1.